The zero-order valence-electron chi connectivity index (χ0n) is 16.0. The highest BCUT2D eigenvalue weighted by molar-refractivity contribution is 14.0. The Kier molecular flexibility index (Phi) is 10.1. The van der Waals surface area contributed by atoms with Gasteiger partial charge in [-0.3, -0.25) is 4.79 Å². The Morgan fingerprint density at radius 1 is 1.33 bits per heavy atom. The Morgan fingerprint density at radius 2 is 2.11 bits per heavy atom. The molecule has 3 N–H and O–H groups in total. The molecular weight excluding hydrogens is 477 g/mol. The molecule has 0 aliphatic rings. The van der Waals surface area contributed by atoms with Crippen molar-refractivity contribution in [3.8, 4) is 5.75 Å². The van der Waals surface area contributed by atoms with Crippen molar-refractivity contribution in [2.24, 2.45) is 4.99 Å². The number of hydrogen-bond donors (Lipinski definition) is 3. The first kappa shape index (κ1) is 23.2. The Morgan fingerprint density at radius 3 is 2.70 bits per heavy atom. The van der Waals surface area contributed by atoms with Gasteiger partial charge in [0.25, 0.3) is 0 Å². The number of nitrogens with one attached hydrogen (secondary N) is 3. The molecule has 2 rings (SSSR count). The molecule has 27 heavy (non-hydrogen) atoms. The number of rotatable bonds is 7. The van der Waals surface area contributed by atoms with Crippen molar-refractivity contribution in [1.82, 2.24) is 15.6 Å². The number of carbonyl (C=O) groups is 1. The van der Waals surface area contributed by atoms with Crippen molar-refractivity contribution >= 4 is 52.9 Å². The third kappa shape index (κ3) is 7.71. The smallest absolute Gasteiger partial charge is 0.221 e. The van der Waals surface area contributed by atoms with Gasteiger partial charge >= 0.3 is 0 Å². The van der Waals surface area contributed by atoms with Crippen LogP contribution in [0.1, 0.15) is 29.3 Å². The lowest BCUT2D eigenvalue weighted by Crippen LogP contribution is -2.36. The molecule has 0 saturated heterocycles. The van der Waals surface area contributed by atoms with Crippen LogP contribution in [0.25, 0.3) is 0 Å². The molecular formula is C18H26IN5O2S. The average molecular weight is 503 g/mol. The summed E-state index contributed by atoms with van der Waals surface area (Å²) in [7, 11) is 1.58. The number of amides is 1. The topological polar surface area (TPSA) is 87.6 Å². The number of benzene rings is 1. The van der Waals surface area contributed by atoms with Crippen molar-refractivity contribution in [2.45, 2.75) is 33.9 Å². The quantitative estimate of drug-likeness (QED) is 0.307. The van der Waals surface area contributed by atoms with Crippen molar-refractivity contribution in [2.75, 3.05) is 19.0 Å². The minimum Gasteiger partial charge on any atom is -0.495 e. The SMILES string of the molecule is CCNC(=NCc1ccc(OC)c(NC(C)=O)c1)NCc1ncc(C)s1.I. The van der Waals surface area contributed by atoms with Crippen molar-refractivity contribution in [3.05, 3.63) is 39.8 Å². The molecule has 1 aromatic heterocycles. The molecule has 1 amide bonds. The van der Waals surface area contributed by atoms with Gasteiger partial charge in [-0.25, -0.2) is 9.98 Å². The van der Waals surface area contributed by atoms with Crippen LogP contribution >= 0.6 is 35.3 Å². The van der Waals surface area contributed by atoms with Gasteiger partial charge < -0.3 is 20.7 Å². The molecule has 0 radical (unpaired) electrons. The maximum atomic E-state index is 11.3. The van der Waals surface area contributed by atoms with Crippen molar-refractivity contribution < 1.29 is 9.53 Å². The molecule has 0 spiro atoms. The van der Waals surface area contributed by atoms with Gasteiger partial charge in [-0.05, 0) is 31.5 Å². The van der Waals surface area contributed by atoms with Gasteiger partial charge in [0.2, 0.25) is 5.91 Å². The molecule has 0 aliphatic carbocycles. The summed E-state index contributed by atoms with van der Waals surface area (Å²) in [5.74, 6) is 1.20. The fourth-order valence-corrected chi connectivity index (χ4v) is 3.02. The lowest BCUT2D eigenvalue weighted by molar-refractivity contribution is -0.114. The van der Waals surface area contributed by atoms with Gasteiger partial charge in [-0.15, -0.1) is 35.3 Å². The van der Waals surface area contributed by atoms with Crippen LogP contribution in [-0.4, -0.2) is 30.5 Å². The first-order valence-corrected chi connectivity index (χ1v) is 9.21. The molecule has 0 unspecified atom stereocenters. The summed E-state index contributed by atoms with van der Waals surface area (Å²) < 4.78 is 5.27. The van der Waals surface area contributed by atoms with Crippen molar-refractivity contribution in [1.29, 1.82) is 0 Å². The zero-order valence-corrected chi connectivity index (χ0v) is 19.1. The third-order valence-corrected chi connectivity index (χ3v) is 4.33. The summed E-state index contributed by atoms with van der Waals surface area (Å²) in [6, 6.07) is 5.63. The first-order valence-electron chi connectivity index (χ1n) is 8.39. The van der Waals surface area contributed by atoms with Crippen LogP contribution in [0.3, 0.4) is 0 Å². The molecule has 0 atom stereocenters. The third-order valence-electron chi connectivity index (χ3n) is 3.41. The van der Waals surface area contributed by atoms with E-state index in [1.54, 1.807) is 18.4 Å². The minimum atomic E-state index is -0.141. The number of anilines is 1. The van der Waals surface area contributed by atoms with E-state index in [9.17, 15) is 4.79 Å². The number of methoxy groups -OCH3 is 1. The number of thiazole rings is 1. The van der Waals surface area contributed by atoms with Gasteiger partial charge in [-0.1, -0.05) is 6.07 Å². The van der Waals surface area contributed by atoms with Crippen molar-refractivity contribution in [3.63, 3.8) is 0 Å². The molecule has 0 fully saturated rings. The first-order chi connectivity index (χ1) is 12.5. The summed E-state index contributed by atoms with van der Waals surface area (Å²) >= 11 is 1.66. The maximum absolute atomic E-state index is 11.3. The van der Waals surface area contributed by atoms with E-state index in [-0.39, 0.29) is 29.9 Å². The normalized spacial score (nSPS) is 10.7. The van der Waals surface area contributed by atoms with Crippen LogP contribution in [-0.2, 0) is 17.9 Å². The number of carbonyl (C=O) groups excluding carboxylic acids is 1. The predicted molar refractivity (Wildman–Crippen MR) is 121 cm³/mol. The molecule has 2 aromatic rings. The zero-order chi connectivity index (χ0) is 18.9. The Bertz CT molecular complexity index is 779. The largest absolute Gasteiger partial charge is 0.495 e. The molecule has 1 aromatic carbocycles. The number of halogens is 1. The fraction of sp³-hybridized carbons (Fsp3) is 0.389. The highest BCUT2D eigenvalue weighted by Crippen LogP contribution is 2.25. The van der Waals surface area contributed by atoms with Gasteiger partial charge in [-0.2, -0.15) is 0 Å². The van der Waals surface area contributed by atoms with Gasteiger partial charge in [0.1, 0.15) is 10.8 Å². The fourth-order valence-electron chi connectivity index (χ4n) is 2.30. The second-order valence-electron chi connectivity index (χ2n) is 5.63. The highest BCUT2D eigenvalue weighted by atomic mass is 127. The van der Waals surface area contributed by atoms with E-state index >= 15 is 0 Å². The molecule has 0 aliphatic heterocycles. The number of ether oxygens (including phenoxy) is 1. The second-order valence-corrected chi connectivity index (χ2v) is 6.95. The molecule has 9 heteroatoms. The number of aromatic nitrogens is 1. The lowest BCUT2D eigenvalue weighted by atomic mass is 10.2. The molecule has 0 saturated carbocycles. The number of aliphatic imine (C=N–C) groups is 1. The highest BCUT2D eigenvalue weighted by Gasteiger charge is 2.07. The van der Waals surface area contributed by atoms with E-state index in [0.717, 1.165) is 23.1 Å². The van der Waals surface area contributed by atoms with Crippen LogP contribution in [0.2, 0.25) is 0 Å². The van der Waals surface area contributed by atoms with Crippen LogP contribution in [0.15, 0.2) is 29.4 Å². The van der Waals surface area contributed by atoms with E-state index in [2.05, 4.69) is 25.9 Å². The number of guanidine groups is 1. The lowest BCUT2D eigenvalue weighted by Gasteiger charge is -2.12. The number of aryl methyl sites for hydroxylation is 1. The summed E-state index contributed by atoms with van der Waals surface area (Å²) in [6.07, 6.45) is 1.87. The van der Waals surface area contributed by atoms with E-state index < -0.39 is 0 Å². The van der Waals surface area contributed by atoms with Crippen LogP contribution in [0.5, 0.6) is 5.75 Å². The summed E-state index contributed by atoms with van der Waals surface area (Å²) in [6.45, 7) is 7.40. The summed E-state index contributed by atoms with van der Waals surface area (Å²) in [5, 5.41) is 10.3. The predicted octanol–water partition coefficient (Wildman–Crippen LogP) is 3.29. The monoisotopic (exact) mass is 503 g/mol. The van der Waals surface area contributed by atoms with Gasteiger partial charge in [0.15, 0.2) is 5.96 Å². The Hall–Kier alpha value is -1.88. The van der Waals surface area contributed by atoms with Crippen LogP contribution < -0.4 is 20.7 Å². The minimum absolute atomic E-state index is 0. The molecule has 148 valence electrons. The standard InChI is InChI=1S/C18H25N5O2S.HI/c1-5-19-18(22-11-17-20-9-12(2)26-17)21-10-14-6-7-16(25-4)15(8-14)23-13(3)24;/h6-9H,5,10-11H2,1-4H3,(H,23,24)(H2,19,21,22);1H. The van der Waals surface area contributed by atoms with E-state index in [0.29, 0.717) is 24.5 Å². The van der Waals surface area contributed by atoms with E-state index in [1.165, 1.54) is 11.8 Å². The molecule has 7 nitrogen and oxygen atoms in total. The van der Waals surface area contributed by atoms with Gasteiger partial charge in [0, 0.05) is 24.5 Å². The van der Waals surface area contributed by atoms with E-state index in [4.69, 9.17) is 4.74 Å². The molecule has 0 bridgehead atoms. The summed E-state index contributed by atoms with van der Waals surface area (Å²) in [4.78, 5) is 21.5. The van der Waals surface area contributed by atoms with Crippen LogP contribution in [0.4, 0.5) is 5.69 Å². The number of nitrogens with zero attached hydrogens (tertiary/aromatic N) is 2. The Balaban J connectivity index is 0.00000364. The summed E-state index contributed by atoms with van der Waals surface area (Å²) in [5.41, 5.74) is 1.61. The number of hydrogen-bond acceptors (Lipinski definition) is 5. The van der Waals surface area contributed by atoms with Crippen LogP contribution in [0, 0.1) is 6.92 Å². The second kappa shape index (κ2) is 11.8. The molecule has 1 heterocycles. The van der Waals surface area contributed by atoms with E-state index in [1.807, 2.05) is 38.2 Å². The van der Waals surface area contributed by atoms with Gasteiger partial charge in [0.05, 0.1) is 25.9 Å². The maximum Gasteiger partial charge on any atom is 0.221 e. The average Bonchev–Trinajstić information content (AvgIpc) is 3.02. The Labute approximate surface area is 181 Å².